The summed E-state index contributed by atoms with van der Waals surface area (Å²) in [6.07, 6.45) is 0. The quantitative estimate of drug-likeness (QED) is 0.164. The van der Waals surface area contributed by atoms with Crippen LogP contribution in [0.25, 0.3) is 87.3 Å². The minimum atomic E-state index is -0.262. The third-order valence-electron chi connectivity index (χ3n) is 17.2. The van der Waals surface area contributed by atoms with Gasteiger partial charge in [-0.25, -0.2) is 0 Å². The van der Waals surface area contributed by atoms with E-state index in [1.807, 2.05) is 0 Å². The van der Waals surface area contributed by atoms with E-state index in [0.29, 0.717) is 0 Å². The van der Waals surface area contributed by atoms with Crippen LogP contribution in [0.2, 0.25) is 0 Å². The first-order valence-electron chi connectivity index (χ1n) is 26.0. The zero-order chi connectivity index (χ0) is 49.2. The number of hydrogen-bond acceptors (Lipinski definition) is 2. The van der Waals surface area contributed by atoms with E-state index in [9.17, 15) is 0 Å². The average molecular weight is 947 g/mol. The number of aromatic nitrogens is 2. The Kier molecular flexibility index (Phi) is 8.27. The fraction of sp³-hybridized carbons (Fsp3) is 0.0857. The van der Waals surface area contributed by atoms with Gasteiger partial charge in [0.25, 0.3) is 0 Å². The van der Waals surface area contributed by atoms with Crippen molar-refractivity contribution < 1.29 is 0 Å². The fourth-order valence-corrected chi connectivity index (χ4v) is 13.7. The highest BCUT2D eigenvalue weighted by Crippen LogP contribution is 2.58. The van der Waals surface area contributed by atoms with Gasteiger partial charge in [0.1, 0.15) is 0 Å². The van der Waals surface area contributed by atoms with Crippen LogP contribution in [0.5, 0.6) is 0 Å². The standard InChI is InChI=1S/C70H50N4/c1-69(2)53-25-13-17-29-61(53)73(65-41-63-51(39-55(65)69)47-23-11-15-27-57(47)71(63)45-19-7-5-8-20-45)59-37-33-43-32-36-50-60(38-34-44-31-35-49(59)67(43)68(44)50)74-62-30-18-14-26-54(62)70(3,4)56-40-52-48-24-12-16-28-58(48)72(64(52)42-66(56)74)46-21-9-6-10-22-46/h5-42H,1-4H3. The summed E-state index contributed by atoms with van der Waals surface area (Å²) in [5, 5.41) is 12.6. The third-order valence-corrected chi connectivity index (χ3v) is 17.2. The summed E-state index contributed by atoms with van der Waals surface area (Å²) in [5.41, 5.74) is 19.1. The molecule has 0 N–H and O–H groups in total. The van der Waals surface area contributed by atoms with Crippen molar-refractivity contribution >= 4 is 110 Å². The molecule has 0 fully saturated rings. The molecule has 0 spiro atoms. The summed E-state index contributed by atoms with van der Waals surface area (Å²) in [4.78, 5) is 5.15. The van der Waals surface area contributed by atoms with Gasteiger partial charge in [-0.2, -0.15) is 0 Å². The van der Waals surface area contributed by atoms with Crippen molar-refractivity contribution in [3.8, 4) is 11.4 Å². The van der Waals surface area contributed by atoms with Gasteiger partial charge in [0.05, 0.1) is 56.2 Å². The molecule has 0 bridgehead atoms. The maximum Gasteiger partial charge on any atom is 0.0562 e. The van der Waals surface area contributed by atoms with E-state index in [4.69, 9.17) is 0 Å². The first kappa shape index (κ1) is 41.5. The van der Waals surface area contributed by atoms with E-state index in [-0.39, 0.29) is 10.8 Å². The molecule has 4 heterocycles. The summed E-state index contributed by atoms with van der Waals surface area (Å²) in [7, 11) is 0. The van der Waals surface area contributed by atoms with E-state index < -0.39 is 0 Å². The van der Waals surface area contributed by atoms with Crippen LogP contribution >= 0.6 is 0 Å². The lowest BCUT2D eigenvalue weighted by atomic mass is 9.73. The van der Waals surface area contributed by atoms with Crippen molar-refractivity contribution in [2.45, 2.75) is 38.5 Å². The molecule has 350 valence electrons. The first-order chi connectivity index (χ1) is 36.3. The van der Waals surface area contributed by atoms with Crippen LogP contribution < -0.4 is 9.80 Å². The normalized spacial score (nSPS) is 14.6. The van der Waals surface area contributed by atoms with Crippen molar-refractivity contribution in [3.05, 3.63) is 253 Å². The van der Waals surface area contributed by atoms with Gasteiger partial charge in [-0.05, 0) is 129 Å². The molecule has 0 radical (unpaired) electrons. The molecule has 0 saturated carbocycles. The molecule has 2 aliphatic heterocycles. The Morgan fingerprint density at radius 3 is 1.08 bits per heavy atom. The Hall–Kier alpha value is -9.12. The topological polar surface area (TPSA) is 16.3 Å². The number of nitrogens with zero attached hydrogens (tertiary/aromatic N) is 4. The van der Waals surface area contributed by atoms with Gasteiger partial charge >= 0.3 is 0 Å². The molecule has 0 saturated heterocycles. The van der Waals surface area contributed by atoms with Crippen LogP contribution in [0.4, 0.5) is 34.1 Å². The third kappa shape index (κ3) is 5.41. The molecule has 0 unspecified atom stereocenters. The number of rotatable bonds is 4. The van der Waals surface area contributed by atoms with Gasteiger partial charge in [-0.15, -0.1) is 0 Å². The van der Waals surface area contributed by atoms with Crippen molar-refractivity contribution in [2.75, 3.05) is 9.80 Å². The van der Waals surface area contributed by atoms with E-state index in [1.165, 1.54) is 132 Å². The van der Waals surface area contributed by atoms with Gasteiger partial charge in [-0.1, -0.05) is 173 Å². The second kappa shape index (κ2) is 14.7. The molecule has 4 heteroatoms. The lowest BCUT2D eigenvalue weighted by Gasteiger charge is -2.43. The predicted molar refractivity (Wildman–Crippen MR) is 312 cm³/mol. The zero-order valence-electron chi connectivity index (χ0n) is 41.7. The van der Waals surface area contributed by atoms with Crippen LogP contribution in [0.3, 0.4) is 0 Å². The molecule has 16 rings (SSSR count). The second-order valence-electron chi connectivity index (χ2n) is 21.7. The Balaban J connectivity index is 0.961. The maximum atomic E-state index is 2.57. The summed E-state index contributed by atoms with van der Waals surface area (Å²) in [5.74, 6) is 0. The highest BCUT2D eigenvalue weighted by atomic mass is 15.2. The molecule has 14 aromatic rings. The highest BCUT2D eigenvalue weighted by molar-refractivity contribution is 6.28. The van der Waals surface area contributed by atoms with Crippen LogP contribution in [-0.2, 0) is 10.8 Å². The van der Waals surface area contributed by atoms with Gasteiger partial charge in [-0.3, -0.25) is 0 Å². The Morgan fingerprint density at radius 1 is 0.257 bits per heavy atom. The number of fused-ring (bicyclic) bond motifs is 10. The highest BCUT2D eigenvalue weighted by Gasteiger charge is 2.40. The van der Waals surface area contributed by atoms with E-state index in [1.54, 1.807) is 0 Å². The summed E-state index contributed by atoms with van der Waals surface area (Å²) >= 11 is 0. The summed E-state index contributed by atoms with van der Waals surface area (Å²) < 4.78 is 4.90. The van der Waals surface area contributed by atoms with Crippen molar-refractivity contribution in [1.82, 2.24) is 9.13 Å². The van der Waals surface area contributed by atoms with E-state index in [2.05, 4.69) is 277 Å². The largest absolute Gasteiger partial charge is 0.309 e. The Morgan fingerprint density at radius 2 is 0.635 bits per heavy atom. The minimum absolute atomic E-state index is 0.262. The molecule has 2 aliphatic rings. The molecular formula is C70H50N4. The van der Waals surface area contributed by atoms with Crippen LogP contribution in [0.15, 0.2) is 231 Å². The monoisotopic (exact) mass is 946 g/mol. The summed E-state index contributed by atoms with van der Waals surface area (Å²) in [6, 6.07) is 86.5. The van der Waals surface area contributed by atoms with E-state index in [0.717, 1.165) is 11.4 Å². The second-order valence-corrected chi connectivity index (χ2v) is 21.7. The van der Waals surface area contributed by atoms with Crippen molar-refractivity contribution in [2.24, 2.45) is 0 Å². The lowest BCUT2D eigenvalue weighted by Crippen LogP contribution is -2.30. The molecule has 12 aromatic carbocycles. The van der Waals surface area contributed by atoms with Gasteiger partial charge in [0, 0.05) is 54.5 Å². The molecule has 0 amide bonds. The number of para-hydroxylation sites is 6. The first-order valence-corrected chi connectivity index (χ1v) is 26.0. The molecule has 74 heavy (non-hydrogen) atoms. The zero-order valence-corrected chi connectivity index (χ0v) is 41.7. The van der Waals surface area contributed by atoms with Gasteiger partial charge in [0.15, 0.2) is 0 Å². The van der Waals surface area contributed by atoms with E-state index >= 15 is 0 Å². The predicted octanol–water partition coefficient (Wildman–Crippen LogP) is 19.0. The molecule has 0 aliphatic carbocycles. The summed E-state index contributed by atoms with van der Waals surface area (Å²) in [6.45, 7) is 9.61. The fourth-order valence-electron chi connectivity index (χ4n) is 13.7. The molecule has 4 nitrogen and oxygen atoms in total. The molecule has 2 aromatic heterocycles. The Bertz CT molecular complexity index is 4370. The van der Waals surface area contributed by atoms with Crippen LogP contribution in [0, 0.1) is 0 Å². The van der Waals surface area contributed by atoms with Crippen LogP contribution in [-0.4, -0.2) is 9.13 Å². The minimum Gasteiger partial charge on any atom is -0.309 e. The smallest absolute Gasteiger partial charge is 0.0562 e. The molecule has 0 atom stereocenters. The van der Waals surface area contributed by atoms with Gasteiger partial charge < -0.3 is 18.9 Å². The van der Waals surface area contributed by atoms with Crippen molar-refractivity contribution in [3.63, 3.8) is 0 Å². The SMILES string of the molecule is CC1(C)c2ccccc2N(c2ccc3ccc4c(N5c6ccccc6C(C)(C)c6cc7c8ccccc8n(-c8ccccc8)c7cc65)ccc5ccc2c3c54)c2cc3c(cc21)c1ccccc1n3-c1ccccc1. The number of benzene rings is 12. The van der Waals surface area contributed by atoms with Gasteiger partial charge in [0.2, 0.25) is 0 Å². The average Bonchev–Trinajstić information content (AvgIpc) is 3.98. The molecular weight excluding hydrogens is 897 g/mol. The Labute approximate surface area is 429 Å². The number of anilines is 6. The number of hydrogen-bond donors (Lipinski definition) is 0. The maximum absolute atomic E-state index is 2.57. The van der Waals surface area contributed by atoms with Crippen LogP contribution in [0.1, 0.15) is 49.9 Å². The van der Waals surface area contributed by atoms with Crippen molar-refractivity contribution in [1.29, 1.82) is 0 Å². The lowest BCUT2D eigenvalue weighted by molar-refractivity contribution is 0.633.